The average Bonchev–Trinajstić information content (AvgIpc) is 3.35. The Morgan fingerprint density at radius 3 is 1.19 bits per heavy atom. The van der Waals surface area contributed by atoms with Gasteiger partial charge < -0.3 is 0 Å². The number of benzene rings is 3. The van der Waals surface area contributed by atoms with Gasteiger partial charge in [0.15, 0.2) is 0 Å². The molecule has 2 aliphatic rings. The molecule has 0 saturated heterocycles. The van der Waals surface area contributed by atoms with Crippen molar-refractivity contribution in [3.63, 3.8) is 0 Å². The fourth-order valence-electron chi connectivity index (χ4n) is 3.25. The van der Waals surface area contributed by atoms with Gasteiger partial charge in [-0.2, -0.15) is 21.6 Å². The monoisotopic (exact) mass is 633 g/mol. The summed E-state index contributed by atoms with van der Waals surface area (Å²) in [7, 11) is -6.29. The maximum absolute atomic E-state index is 10.7. The van der Waals surface area contributed by atoms with E-state index < -0.39 is 23.5 Å². The van der Waals surface area contributed by atoms with Crippen molar-refractivity contribution in [3.8, 4) is 0 Å². The Bertz CT molecular complexity index is 1120. The minimum atomic E-state index is -5.84. The average molecular weight is 634 g/mol. The third-order valence-corrected chi connectivity index (χ3v) is 7.91. The van der Waals surface area contributed by atoms with Crippen LogP contribution in [-0.4, -0.2) is 18.5 Å². The molecule has 5 rings (SSSR count). The minimum Gasteiger partial charge on any atom is -0.279 e. The molecule has 0 bridgehead atoms. The molecule has 9 heteroatoms. The normalized spacial score (nSPS) is 15.1. The molecular weight excluding hydrogens is 611 g/mol. The Kier molecular flexibility index (Phi) is 12.4. The van der Waals surface area contributed by atoms with E-state index in [4.69, 9.17) is 13.0 Å². The van der Waals surface area contributed by atoms with Crippen LogP contribution in [0.5, 0.6) is 0 Å². The largest absolute Gasteiger partial charge is 0.522 e. The van der Waals surface area contributed by atoms with Crippen LogP contribution in [0.25, 0.3) is 0 Å². The zero-order valence-electron chi connectivity index (χ0n) is 19.3. The third-order valence-electron chi connectivity index (χ3n) is 4.88. The molecular formula is C28H23F3O3PPdS. The van der Waals surface area contributed by atoms with Gasteiger partial charge in [-0.25, -0.2) is 0 Å². The van der Waals surface area contributed by atoms with Crippen LogP contribution in [0.1, 0.15) is 0 Å². The summed E-state index contributed by atoms with van der Waals surface area (Å²) >= 11 is 0. The molecule has 0 aliphatic heterocycles. The second-order valence-electron chi connectivity index (χ2n) is 7.42. The van der Waals surface area contributed by atoms with Gasteiger partial charge in [0, 0.05) is 32.3 Å². The van der Waals surface area contributed by atoms with Crippen molar-refractivity contribution in [1.29, 1.82) is 0 Å². The SMILES string of the molecule is O=S(=O)(O)C(F)(F)F.[CH]1[CH][C]2C=CC=C[C]2[CH]1.[Pd].c1ccc(P(c2ccccc2)c2ccccc2)cc1. The zero-order chi connectivity index (χ0) is 26.0. The van der Waals surface area contributed by atoms with Crippen LogP contribution >= 0.6 is 7.92 Å². The van der Waals surface area contributed by atoms with E-state index in [1.807, 2.05) is 0 Å². The van der Waals surface area contributed by atoms with E-state index in [9.17, 15) is 13.2 Å². The number of fused-ring (bicyclic) bond motifs is 1. The molecule has 3 aromatic rings. The van der Waals surface area contributed by atoms with E-state index in [1.54, 1.807) is 0 Å². The summed E-state index contributed by atoms with van der Waals surface area (Å²) in [6, 6.07) is 32.3. The van der Waals surface area contributed by atoms with Crippen molar-refractivity contribution in [3.05, 3.63) is 146 Å². The maximum Gasteiger partial charge on any atom is 0.522 e. The second kappa shape index (κ2) is 14.8. The van der Waals surface area contributed by atoms with Crippen LogP contribution in [0, 0.1) is 31.1 Å². The summed E-state index contributed by atoms with van der Waals surface area (Å²) in [4.78, 5) is 0. The van der Waals surface area contributed by atoms with Gasteiger partial charge in [0.25, 0.3) is 0 Å². The Balaban J connectivity index is 0.000000224. The van der Waals surface area contributed by atoms with Crippen molar-refractivity contribution in [2.24, 2.45) is 0 Å². The van der Waals surface area contributed by atoms with E-state index in [1.165, 1.54) is 27.7 Å². The fourth-order valence-corrected chi connectivity index (χ4v) is 5.55. The Morgan fingerprint density at radius 2 is 0.919 bits per heavy atom. The molecule has 5 radical (unpaired) electrons. The summed E-state index contributed by atoms with van der Waals surface area (Å²) in [5.74, 6) is 2.66. The summed E-state index contributed by atoms with van der Waals surface area (Å²) in [5, 5.41) is 4.19. The Morgan fingerprint density at radius 1 is 0.622 bits per heavy atom. The van der Waals surface area contributed by atoms with E-state index in [0.717, 1.165) is 0 Å². The summed E-state index contributed by atoms with van der Waals surface area (Å²) in [6.07, 6.45) is 14.7. The molecule has 0 amide bonds. The first-order chi connectivity index (χ1) is 17.2. The molecule has 3 aromatic carbocycles. The van der Waals surface area contributed by atoms with Crippen molar-refractivity contribution in [1.82, 2.24) is 0 Å². The van der Waals surface area contributed by atoms with Gasteiger partial charge in [0.05, 0.1) is 0 Å². The molecule has 0 atom stereocenters. The molecule has 1 saturated carbocycles. The van der Waals surface area contributed by atoms with Gasteiger partial charge in [-0.05, 0) is 43.1 Å². The Hall–Kier alpha value is -2.07. The summed E-state index contributed by atoms with van der Waals surface area (Å²) < 4.78 is 57.5. The quantitative estimate of drug-likeness (QED) is 0.174. The maximum atomic E-state index is 10.7. The minimum absolute atomic E-state index is 0. The second-order valence-corrected chi connectivity index (χ2v) is 11.1. The van der Waals surface area contributed by atoms with E-state index in [-0.39, 0.29) is 20.4 Å². The number of halogens is 3. The molecule has 0 heterocycles. The predicted octanol–water partition coefficient (Wildman–Crippen LogP) is 5.72. The number of rotatable bonds is 3. The van der Waals surface area contributed by atoms with Crippen LogP contribution in [0.4, 0.5) is 13.2 Å². The number of allylic oxidation sites excluding steroid dienone is 4. The predicted molar refractivity (Wildman–Crippen MR) is 140 cm³/mol. The molecule has 2 aliphatic carbocycles. The zero-order valence-corrected chi connectivity index (χ0v) is 22.5. The molecule has 0 aromatic heterocycles. The van der Waals surface area contributed by atoms with Crippen LogP contribution < -0.4 is 15.9 Å². The van der Waals surface area contributed by atoms with Gasteiger partial charge in [-0.15, -0.1) is 0 Å². The first-order valence-electron chi connectivity index (χ1n) is 10.8. The molecule has 0 unspecified atom stereocenters. The van der Waals surface area contributed by atoms with Crippen LogP contribution in [0.2, 0.25) is 0 Å². The van der Waals surface area contributed by atoms with E-state index in [0.29, 0.717) is 0 Å². The number of hydrogen-bond acceptors (Lipinski definition) is 2. The van der Waals surface area contributed by atoms with E-state index in [2.05, 4.69) is 135 Å². The summed E-state index contributed by atoms with van der Waals surface area (Å²) in [6.45, 7) is 0. The van der Waals surface area contributed by atoms with Crippen LogP contribution in [-0.2, 0) is 30.5 Å². The van der Waals surface area contributed by atoms with Gasteiger partial charge in [0.1, 0.15) is 0 Å². The topological polar surface area (TPSA) is 54.4 Å². The first kappa shape index (κ1) is 31.2. The van der Waals surface area contributed by atoms with E-state index >= 15 is 0 Å². The standard InChI is InChI=1S/C18H15P.C9H7.CHF3O3S.Pd/c1-4-10-16(11-5-1)19(17-12-6-2-7-13-17)18-14-8-3-9-15-18;1-2-5-9-7-3-6-8(9)4-1;2-1(3,4)8(5,6)7;/h1-15H;1-7H;(H,5,6,7);. The van der Waals surface area contributed by atoms with Crippen molar-refractivity contribution >= 4 is 34.0 Å². The van der Waals surface area contributed by atoms with Crippen LogP contribution in [0.15, 0.2) is 115 Å². The van der Waals surface area contributed by atoms with Gasteiger partial charge in [-0.3, -0.25) is 4.55 Å². The molecule has 195 valence electrons. The van der Waals surface area contributed by atoms with Crippen LogP contribution in [0.3, 0.4) is 0 Å². The molecule has 1 fully saturated rings. The van der Waals surface area contributed by atoms with Gasteiger partial charge in [-0.1, -0.05) is 115 Å². The third kappa shape index (κ3) is 9.63. The van der Waals surface area contributed by atoms with Gasteiger partial charge in [0.2, 0.25) is 0 Å². The van der Waals surface area contributed by atoms with Crippen molar-refractivity contribution in [2.75, 3.05) is 0 Å². The molecule has 0 spiro atoms. The van der Waals surface area contributed by atoms with Crippen molar-refractivity contribution < 1.29 is 46.6 Å². The Labute approximate surface area is 231 Å². The fraction of sp³-hybridized carbons (Fsp3) is 0.0357. The first-order valence-corrected chi connectivity index (χ1v) is 13.5. The van der Waals surface area contributed by atoms with Gasteiger partial charge >= 0.3 is 15.6 Å². The smallest absolute Gasteiger partial charge is 0.279 e. The molecule has 3 nitrogen and oxygen atoms in total. The van der Waals surface area contributed by atoms with Crippen molar-refractivity contribution in [2.45, 2.75) is 5.51 Å². The number of alkyl halides is 3. The summed E-state index contributed by atoms with van der Waals surface area (Å²) in [5.41, 5.74) is -5.53. The number of hydrogen-bond donors (Lipinski definition) is 1. The molecule has 37 heavy (non-hydrogen) atoms. The molecule has 1 N–H and O–H groups in total.